The van der Waals surface area contributed by atoms with Crippen molar-refractivity contribution in [2.75, 3.05) is 13.2 Å². The lowest BCUT2D eigenvalue weighted by atomic mass is 10.1. The summed E-state index contributed by atoms with van der Waals surface area (Å²) in [6, 6.07) is 5.17. The van der Waals surface area contributed by atoms with E-state index in [1.54, 1.807) is 0 Å². The molecular formula is C13H18N2O4S. The molecule has 0 saturated carbocycles. The minimum atomic E-state index is -3.64. The molecule has 1 atom stereocenters. The van der Waals surface area contributed by atoms with Crippen molar-refractivity contribution in [1.82, 2.24) is 4.31 Å². The number of carbonyl (C=O) groups is 1. The van der Waals surface area contributed by atoms with E-state index in [-0.39, 0.29) is 23.1 Å². The zero-order valence-electron chi connectivity index (χ0n) is 11.0. The van der Waals surface area contributed by atoms with Crippen LogP contribution in [-0.2, 0) is 10.0 Å². The Morgan fingerprint density at radius 2 is 1.95 bits per heavy atom. The summed E-state index contributed by atoms with van der Waals surface area (Å²) in [6.07, 6.45) is 2.36. The van der Waals surface area contributed by atoms with Crippen LogP contribution in [0.3, 0.4) is 0 Å². The topological polar surface area (TPSA) is 101 Å². The normalized spacial score (nSPS) is 20.8. The van der Waals surface area contributed by atoms with Gasteiger partial charge in [-0.05, 0) is 37.1 Å². The summed E-state index contributed by atoms with van der Waals surface area (Å²) in [5.41, 5.74) is 5.39. The van der Waals surface area contributed by atoms with Crippen LogP contribution >= 0.6 is 0 Å². The maximum Gasteiger partial charge on any atom is 0.248 e. The van der Waals surface area contributed by atoms with Gasteiger partial charge in [0.05, 0.1) is 11.5 Å². The Bertz CT molecular complexity index is 583. The van der Waals surface area contributed by atoms with Crippen molar-refractivity contribution in [3.8, 4) is 0 Å². The fourth-order valence-corrected chi connectivity index (χ4v) is 4.08. The van der Waals surface area contributed by atoms with Crippen molar-refractivity contribution in [2.24, 2.45) is 5.73 Å². The highest BCUT2D eigenvalue weighted by Gasteiger charge is 2.32. The molecule has 0 spiro atoms. The summed E-state index contributed by atoms with van der Waals surface area (Å²) in [5.74, 6) is -0.597. The smallest absolute Gasteiger partial charge is 0.248 e. The monoisotopic (exact) mass is 298 g/mol. The average molecular weight is 298 g/mol. The lowest BCUT2D eigenvalue weighted by molar-refractivity contribution is 0.1000. The number of benzene rings is 1. The number of sulfonamides is 1. The van der Waals surface area contributed by atoms with E-state index in [4.69, 9.17) is 5.73 Å². The zero-order chi connectivity index (χ0) is 14.8. The first-order valence-electron chi connectivity index (χ1n) is 6.49. The summed E-state index contributed by atoms with van der Waals surface area (Å²) < 4.78 is 26.4. The number of piperidine rings is 1. The number of hydrogen-bond donors (Lipinski definition) is 2. The van der Waals surface area contributed by atoms with Crippen molar-refractivity contribution < 1.29 is 18.3 Å². The van der Waals surface area contributed by atoms with Gasteiger partial charge in [0.2, 0.25) is 15.9 Å². The molecule has 6 nitrogen and oxygen atoms in total. The van der Waals surface area contributed by atoms with Crippen LogP contribution in [0, 0.1) is 0 Å². The molecule has 0 radical (unpaired) electrons. The third-order valence-corrected chi connectivity index (χ3v) is 5.50. The van der Waals surface area contributed by atoms with Gasteiger partial charge in [0, 0.05) is 18.2 Å². The molecule has 0 bridgehead atoms. The highest BCUT2D eigenvalue weighted by molar-refractivity contribution is 7.89. The van der Waals surface area contributed by atoms with Crippen molar-refractivity contribution in [2.45, 2.75) is 30.2 Å². The van der Waals surface area contributed by atoms with E-state index in [0.29, 0.717) is 13.0 Å². The Labute approximate surface area is 118 Å². The van der Waals surface area contributed by atoms with E-state index in [1.807, 2.05) is 0 Å². The first-order valence-corrected chi connectivity index (χ1v) is 7.93. The Morgan fingerprint density at radius 3 is 2.50 bits per heavy atom. The number of hydrogen-bond acceptors (Lipinski definition) is 4. The second-order valence-electron chi connectivity index (χ2n) is 4.84. The highest BCUT2D eigenvalue weighted by atomic mass is 32.2. The van der Waals surface area contributed by atoms with Crippen LogP contribution in [0.5, 0.6) is 0 Å². The van der Waals surface area contributed by atoms with E-state index in [0.717, 1.165) is 12.8 Å². The van der Waals surface area contributed by atoms with Crippen LogP contribution in [0.25, 0.3) is 0 Å². The van der Waals surface area contributed by atoms with Gasteiger partial charge in [-0.1, -0.05) is 6.42 Å². The standard InChI is InChI=1S/C13H18N2O4S/c14-13(17)10-4-6-12(7-5-10)20(18,19)15-8-2-1-3-11(15)9-16/h4-7,11,16H,1-3,8-9H2,(H2,14,17). The number of aliphatic hydroxyl groups is 1. The molecule has 0 aliphatic carbocycles. The molecule has 1 aliphatic rings. The largest absolute Gasteiger partial charge is 0.395 e. The molecule has 0 aromatic heterocycles. The molecule has 1 fully saturated rings. The molecule has 1 saturated heterocycles. The maximum absolute atomic E-state index is 12.5. The molecule has 1 amide bonds. The summed E-state index contributed by atoms with van der Waals surface area (Å²) in [7, 11) is -3.64. The third kappa shape index (κ3) is 2.84. The van der Waals surface area contributed by atoms with Gasteiger partial charge in [0.15, 0.2) is 0 Å². The van der Waals surface area contributed by atoms with Crippen LogP contribution in [0.1, 0.15) is 29.6 Å². The lowest BCUT2D eigenvalue weighted by Gasteiger charge is -2.33. The number of primary amides is 1. The quantitative estimate of drug-likeness (QED) is 0.836. The Hall–Kier alpha value is -1.44. The van der Waals surface area contributed by atoms with Gasteiger partial charge >= 0.3 is 0 Å². The van der Waals surface area contributed by atoms with Crippen LogP contribution in [0.15, 0.2) is 29.2 Å². The molecule has 3 N–H and O–H groups in total. The van der Waals surface area contributed by atoms with Gasteiger partial charge < -0.3 is 10.8 Å². The van der Waals surface area contributed by atoms with Gasteiger partial charge in [0.1, 0.15) is 0 Å². The average Bonchev–Trinajstić information content (AvgIpc) is 2.47. The van der Waals surface area contributed by atoms with E-state index >= 15 is 0 Å². The molecule has 1 aromatic carbocycles. The molecule has 1 aromatic rings. The second-order valence-corrected chi connectivity index (χ2v) is 6.73. The predicted molar refractivity (Wildman–Crippen MR) is 73.6 cm³/mol. The summed E-state index contributed by atoms with van der Waals surface area (Å²) in [4.78, 5) is 11.1. The Balaban J connectivity index is 2.31. The van der Waals surface area contributed by atoms with Crippen LogP contribution in [0.2, 0.25) is 0 Å². The van der Waals surface area contributed by atoms with E-state index in [9.17, 15) is 18.3 Å². The number of aliphatic hydroxyl groups excluding tert-OH is 1. The van der Waals surface area contributed by atoms with Gasteiger partial charge in [-0.15, -0.1) is 0 Å². The molecule has 2 rings (SSSR count). The number of rotatable bonds is 4. The molecule has 1 aliphatic heterocycles. The molecule has 20 heavy (non-hydrogen) atoms. The molecular weight excluding hydrogens is 280 g/mol. The van der Waals surface area contributed by atoms with Crippen LogP contribution in [-0.4, -0.2) is 42.9 Å². The van der Waals surface area contributed by atoms with E-state index in [2.05, 4.69) is 0 Å². The molecule has 1 unspecified atom stereocenters. The minimum absolute atomic E-state index is 0.114. The zero-order valence-corrected chi connectivity index (χ0v) is 11.8. The van der Waals surface area contributed by atoms with Crippen molar-refractivity contribution in [3.05, 3.63) is 29.8 Å². The molecule has 110 valence electrons. The predicted octanol–water partition coefficient (Wildman–Crippen LogP) is 0.321. The van der Waals surface area contributed by atoms with Crippen molar-refractivity contribution >= 4 is 15.9 Å². The first-order chi connectivity index (χ1) is 9.46. The highest BCUT2D eigenvalue weighted by Crippen LogP contribution is 2.25. The summed E-state index contributed by atoms with van der Waals surface area (Å²) >= 11 is 0. The SMILES string of the molecule is NC(=O)c1ccc(S(=O)(=O)N2CCCCC2CO)cc1. The Morgan fingerprint density at radius 1 is 1.30 bits per heavy atom. The second kappa shape index (κ2) is 5.90. The molecule has 7 heteroatoms. The summed E-state index contributed by atoms with van der Waals surface area (Å²) in [6.45, 7) is 0.226. The van der Waals surface area contributed by atoms with Crippen molar-refractivity contribution in [3.63, 3.8) is 0 Å². The van der Waals surface area contributed by atoms with Crippen molar-refractivity contribution in [1.29, 1.82) is 0 Å². The van der Waals surface area contributed by atoms with Crippen LogP contribution in [0.4, 0.5) is 0 Å². The van der Waals surface area contributed by atoms with Gasteiger partial charge in [-0.25, -0.2) is 8.42 Å². The minimum Gasteiger partial charge on any atom is -0.395 e. The maximum atomic E-state index is 12.5. The summed E-state index contributed by atoms with van der Waals surface area (Å²) in [5, 5.41) is 9.32. The van der Waals surface area contributed by atoms with Gasteiger partial charge in [-0.2, -0.15) is 4.31 Å². The number of nitrogens with zero attached hydrogens (tertiary/aromatic N) is 1. The fraction of sp³-hybridized carbons (Fsp3) is 0.462. The van der Waals surface area contributed by atoms with E-state index in [1.165, 1.54) is 28.6 Å². The van der Waals surface area contributed by atoms with Gasteiger partial charge in [-0.3, -0.25) is 4.79 Å². The fourth-order valence-electron chi connectivity index (χ4n) is 2.40. The number of nitrogens with two attached hydrogens (primary N) is 1. The third-order valence-electron chi connectivity index (χ3n) is 3.53. The lowest BCUT2D eigenvalue weighted by Crippen LogP contribution is -2.45. The number of carbonyl (C=O) groups excluding carboxylic acids is 1. The first kappa shape index (κ1) is 15.0. The Kier molecular flexibility index (Phi) is 4.42. The van der Waals surface area contributed by atoms with E-state index < -0.39 is 15.9 Å². The molecule has 1 heterocycles. The van der Waals surface area contributed by atoms with Crippen LogP contribution < -0.4 is 5.73 Å². The van der Waals surface area contributed by atoms with Gasteiger partial charge in [0.25, 0.3) is 0 Å². The number of amides is 1.